The van der Waals surface area contributed by atoms with Crippen LogP contribution in [0.2, 0.25) is 0 Å². The van der Waals surface area contributed by atoms with Gasteiger partial charge in [-0.15, -0.1) is 0 Å². The number of carbonyl (C=O) groups is 2. The Balaban J connectivity index is 2.18. The van der Waals surface area contributed by atoms with Gasteiger partial charge in [0.2, 0.25) is 11.8 Å². The fourth-order valence-corrected chi connectivity index (χ4v) is 2.14. The molecule has 1 aromatic rings. The van der Waals surface area contributed by atoms with Crippen molar-refractivity contribution < 1.29 is 9.59 Å². The van der Waals surface area contributed by atoms with Crippen molar-refractivity contribution in [3.63, 3.8) is 0 Å². The zero-order valence-electron chi connectivity index (χ0n) is 9.44. The first-order valence-electron chi connectivity index (χ1n) is 5.37. The molecule has 0 radical (unpaired) electrons. The van der Waals surface area contributed by atoms with Crippen LogP contribution in [0.3, 0.4) is 0 Å². The van der Waals surface area contributed by atoms with Gasteiger partial charge in [-0.25, -0.2) is 0 Å². The first-order chi connectivity index (χ1) is 7.99. The number of amides is 2. The largest absolute Gasteiger partial charge is 0.398 e. The van der Waals surface area contributed by atoms with Crippen molar-refractivity contribution in [3.8, 4) is 0 Å². The van der Waals surface area contributed by atoms with Gasteiger partial charge in [0.15, 0.2) is 0 Å². The van der Waals surface area contributed by atoms with Crippen molar-refractivity contribution in [2.45, 2.75) is 19.9 Å². The molecule has 0 saturated carbocycles. The van der Waals surface area contributed by atoms with E-state index in [1.165, 1.54) is 4.90 Å². The smallest absolute Gasteiger partial charge is 0.232 e. The Morgan fingerprint density at radius 3 is 2.71 bits per heavy atom. The summed E-state index contributed by atoms with van der Waals surface area (Å²) in [6.07, 6.45) is 0.310. The van der Waals surface area contributed by atoms with E-state index in [1.807, 2.05) is 12.1 Å². The fraction of sp³-hybridized carbons (Fsp3) is 0.333. The van der Waals surface area contributed by atoms with Gasteiger partial charge in [0.1, 0.15) is 0 Å². The average molecular weight is 297 g/mol. The predicted octanol–water partition coefficient (Wildman–Crippen LogP) is 1.93. The van der Waals surface area contributed by atoms with E-state index in [0.29, 0.717) is 18.7 Å². The lowest BCUT2D eigenvalue weighted by molar-refractivity contribution is -0.139. The Kier molecular flexibility index (Phi) is 3.19. The van der Waals surface area contributed by atoms with Gasteiger partial charge in [-0.1, -0.05) is 13.0 Å². The second-order valence-corrected chi connectivity index (χ2v) is 5.13. The van der Waals surface area contributed by atoms with Crippen LogP contribution in [0.5, 0.6) is 0 Å². The molecule has 1 aliphatic heterocycles. The molecule has 1 saturated heterocycles. The number of nitrogens with two attached hydrogens (primary N) is 1. The molecule has 1 unspecified atom stereocenters. The molecule has 1 atom stereocenters. The minimum atomic E-state index is -0.199. The van der Waals surface area contributed by atoms with Crippen molar-refractivity contribution in [1.29, 1.82) is 0 Å². The summed E-state index contributed by atoms with van der Waals surface area (Å²) in [5, 5.41) is 0. The van der Waals surface area contributed by atoms with E-state index < -0.39 is 0 Å². The van der Waals surface area contributed by atoms with E-state index in [0.717, 1.165) is 10.0 Å². The van der Waals surface area contributed by atoms with Crippen LogP contribution in [0.1, 0.15) is 18.9 Å². The van der Waals surface area contributed by atoms with Gasteiger partial charge in [-0.05, 0) is 33.6 Å². The molecule has 2 rings (SSSR count). The number of likely N-dealkylation sites (tertiary alicyclic amines) is 1. The highest BCUT2D eigenvalue weighted by molar-refractivity contribution is 9.10. The van der Waals surface area contributed by atoms with Gasteiger partial charge >= 0.3 is 0 Å². The van der Waals surface area contributed by atoms with Gasteiger partial charge in [0.05, 0.1) is 6.54 Å². The maximum atomic E-state index is 11.7. The van der Waals surface area contributed by atoms with Crippen molar-refractivity contribution in [3.05, 3.63) is 28.2 Å². The summed E-state index contributed by atoms with van der Waals surface area (Å²) in [6, 6.07) is 5.44. The summed E-state index contributed by atoms with van der Waals surface area (Å²) in [5.74, 6) is -0.407. The third-order valence-corrected chi connectivity index (χ3v) is 3.59. The van der Waals surface area contributed by atoms with Crippen LogP contribution in [0.25, 0.3) is 0 Å². The summed E-state index contributed by atoms with van der Waals surface area (Å²) in [5.41, 5.74) is 7.22. The van der Waals surface area contributed by atoms with Crippen molar-refractivity contribution in [1.82, 2.24) is 4.90 Å². The van der Waals surface area contributed by atoms with Crippen LogP contribution >= 0.6 is 15.9 Å². The molecule has 1 aliphatic rings. The van der Waals surface area contributed by atoms with E-state index in [1.54, 1.807) is 13.0 Å². The number of anilines is 1. The molecule has 90 valence electrons. The number of hydrogen-bond donors (Lipinski definition) is 1. The number of carbonyl (C=O) groups excluding carboxylic acids is 2. The Bertz CT molecular complexity index is 487. The molecule has 1 aromatic carbocycles. The fourth-order valence-electron chi connectivity index (χ4n) is 1.89. The molecule has 1 heterocycles. The summed E-state index contributed by atoms with van der Waals surface area (Å²) >= 11 is 3.30. The Morgan fingerprint density at radius 2 is 2.18 bits per heavy atom. The van der Waals surface area contributed by atoms with Crippen LogP contribution in [0.4, 0.5) is 5.69 Å². The zero-order chi connectivity index (χ0) is 12.6. The Labute approximate surface area is 108 Å². The molecule has 0 aromatic heterocycles. The monoisotopic (exact) mass is 296 g/mol. The SMILES string of the molecule is CC1CC(=O)N(Cc2ccc(Br)c(N)c2)C1=O. The van der Waals surface area contributed by atoms with Gasteiger partial charge in [-0.2, -0.15) is 0 Å². The van der Waals surface area contributed by atoms with Crippen LogP contribution in [-0.2, 0) is 16.1 Å². The summed E-state index contributed by atoms with van der Waals surface area (Å²) in [7, 11) is 0. The second kappa shape index (κ2) is 4.49. The molecule has 0 bridgehead atoms. The molecule has 1 fully saturated rings. The molecular formula is C12H13BrN2O2. The second-order valence-electron chi connectivity index (χ2n) is 4.28. The highest BCUT2D eigenvalue weighted by Crippen LogP contribution is 2.24. The highest BCUT2D eigenvalue weighted by Gasteiger charge is 2.35. The number of imide groups is 1. The number of nitrogen functional groups attached to an aromatic ring is 1. The quantitative estimate of drug-likeness (QED) is 0.670. The molecule has 5 heteroatoms. The summed E-state index contributed by atoms with van der Waals surface area (Å²) in [4.78, 5) is 24.7. The number of rotatable bonds is 2. The molecule has 0 aliphatic carbocycles. The Morgan fingerprint density at radius 1 is 1.47 bits per heavy atom. The molecule has 17 heavy (non-hydrogen) atoms. The lowest BCUT2D eigenvalue weighted by Gasteiger charge is -2.14. The first kappa shape index (κ1) is 12.1. The molecule has 2 N–H and O–H groups in total. The maximum Gasteiger partial charge on any atom is 0.232 e. The van der Waals surface area contributed by atoms with Gasteiger partial charge in [-0.3, -0.25) is 14.5 Å². The van der Waals surface area contributed by atoms with Crippen molar-refractivity contribution >= 4 is 33.4 Å². The predicted molar refractivity (Wildman–Crippen MR) is 67.9 cm³/mol. The molecule has 2 amide bonds. The van der Waals surface area contributed by atoms with E-state index in [4.69, 9.17) is 5.73 Å². The van der Waals surface area contributed by atoms with Gasteiger partial charge < -0.3 is 5.73 Å². The minimum Gasteiger partial charge on any atom is -0.398 e. The maximum absolute atomic E-state index is 11.7. The lowest BCUT2D eigenvalue weighted by Crippen LogP contribution is -2.29. The van der Waals surface area contributed by atoms with E-state index >= 15 is 0 Å². The lowest BCUT2D eigenvalue weighted by atomic mass is 10.1. The van der Waals surface area contributed by atoms with Crippen LogP contribution in [0, 0.1) is 5.92 Å². The van der Waals surface area contributed by atoms with E-state index in [2.05, 4.69) is 15.9 Å². The number of halogens is 1. The van der Waals surface area contributed by atoms with Crippen molar-refractivity contribution in [2.75, 3.05) is 5.73 Å². The minimum absolute atomic E-state index is 0.100. The van der Waals surface area contributed by atoms with Gasteiger partial charge in [0.25, 0.3) is 0 Å². The van der Waals surface area contributed by atoms with Gasteiger partial charge in [0, 0.05) is 22.5 Å². The van der Waals surface area contributed by atoms with E-state index in [9.17, 15) is 9.59 Å². The van der Waals surface area contributed by atoms with Crippen LogP contribution in [-0.4, -0.2) is 16.7 Å². The molecule has 4 nitrogen and oxygen atoms in total. The molecular weight excluding hydrogens is 284 g/mol. The normalized spacial score (nSPS) is 20.1. The van der Waals surface area contributed by atoms with E-state index in [-0.39, 0.29) is 17.7 Å². The average Bonchev–Trinajstić information content (AvgIpc) is 2.50. The highest BCUT2D eigenvalue weighted by atomic mass is 79.9. The summed E-state index contributed by atoms with van der Waals surface area (Å²) < 4.78 is 0.814. The standard InChI is InChI=1S/C12H13BrN2O2/c1-7-4-11(16)15(12(7)17)6-8-2-3-9(13)10(14)5-8/h2-3,5,7H,4,6,14H2,1H3. The zero-order valence-corrected chi connectivity index (χ0v) is 11.0. The van der Waals surface area contributed by atoms with Crippen molar-refractivity contribution in [2.24, 2.45) is 5.92 Å². The first-order valence-corrected chi connectivity index (χ1v) is 6.16. The molecule has 0 spiro atoms. The number of nitrogens with zero attached hydrogens (tertiary/aromatic N) is 1. The third-order valence-electron chi connectivity index (χ3n) is 2.87. The number of hydrogen-bond acceptors (Lipinski definition) is 3. The summed E-state index contributed by atoms with van der Waals surface area (Å²) in [6.45, 7) is 2.08. The number of benzene rings is 1. The van der Waals surface area contributed by atoms with Crippen LogP contribution < -0.4 is 5.73 Å². The topological polar surface area (TPSA) is 63.4 Å². The van der Waals surface area contributed by atoms with Crippen LogP contribution in [0.15, 0.2) is 22.7 Å². The Hall–Kier alpha value is -1.36. The third kappa shape index (κ3) is 2.34.